The van der Waals surface area contributed by atoms with E-state index < -0.39 is 0 Å². The van der Waals surface area contributed by atoms with Crippen LogP contribution >= 0.6 is 15.9 Å². The van der Waals surface area contributed by atoms with E-state index in [1.54, 1.807) is 4.90 Å². The molecule has 3 rings (SSSR count). The minimum atomic E-state index is -0.372. The second-order valence-electron chi connectivity index (χ2n) is 7.12. The Morgan fingerprint density at radius 2 is 1.88 bits per heavy atom. The number of piperazine rings is 1. The molecule has 7 heteroatoms. The summed E-state index contributed by atoms with van der Waals surface area (Å²) in [5, 5.41) is 0. The summed E-state index contributed by atoms with van der Waals surface area (Å²) in [6.45, 7) is 5.91. The van der Waals surface area contributed by atoms with Gasteiger partial charge in [-0.15, -0.1) is 0 Å². The molecule has 0 unspecified atom stereocenters. The zero-order chi connectivity index (χ0) is 18.7. The van der Waals surface area contributed by atoms with Gasteiger partial charge in [-0.2, -0.15) is 0 Å². The van der Waals surface area contributed by atoms with Gasteiger partial charge in [0.1, 0.15) is 5.82 Å². The number of rotatable bonds is 3. The molecule has 2 saturated heterocycles. The van der Waals surface area contributed by atoms with Crippen molar-refractivity contribution in [1.29, 1.82) is 0 Å². The molecule has 26 heavy (non-hydrogen) atoms. The van der Waals surface area contributed by atoms with Crippen LogP contribution in [0.2, 0.25) is 0 Å². The van der Waals surface area contributed by atoms with Gasteiger partial charge in [0.05, 0.1) is 12.1 Å². The fraction of sp³-hybridized carbons (Fsp3) is 0.579. The summed E-state index contributed by atoms with van der Waals surface area (Å²) in [7, 11) is 0. The number of benzene rings is 1. The van der Waals surface area contributed by atoms with E-state index in [0.717, 1.165) is 19.4 Å². The molecule has 0 radical (unpaired) electrons. The fourth-order valence-corrected chi connectivity index (χ4v) is 4.21. The second-order valence-corrected chi connectivity index (χ2v) is 7.98. The van der Waals surface area contributed by atoms with Gasteiger partial charge in [0.2, 0.25) is 5.91 Å². The fourth-order valence-electron chi connectivity index (χ4n) is 3.69. The van der Waals surface area contributed by atoms with E-state index in [0.29, 0.717) is 48.8 Å². The molecule has 0 aliphatic carbocycles. The summed E-state index contributed by atoms with van der Waals surface area (Å²) in [4.78, 5) is 31.1. The third-order valence-corrected chi connectivity index (χ3v) is 5.96. The summed E-state index contributed by atoms with van der Waals surface area (Å²) in [6.07, 6.45) is 3.37. The Balaban J connectivity index is 1.52. The van der Waals surface area contributed by atoms with Gasteiger partial charge in [-0.1, -0.05) is 0 Å². The van der Waals surface area contributed by atoms with Crippen LogP contribution in [-0.2, 0) is 4.79 Å². The van der Waals surface area contributed by atoms with Crippen LogP contribution < -0.4 is 0 Å². The van der Waals surface area contributed by atoms with E-state index in [2.05, 4.69) is 27.8 Å². The topological polar surface area (TPSA) is 43.9 Å². The number of piperidine rings is 1. The minimum absolute atomic E-state index is 0.104. The summed E-state index contributed by atoms with van der Waals surface area (Å²) in [6, 6.07) is 4.44. The molecule has 0 bridgehead atoms. The molecule has 2 aliphatic heterocycles. The maximum atomic E-state index is 13.2. The van der Waals surface area contributed by atoms with Gasteiger partial charge >= 0.3 is 0 Å². The molecule has 2 aliphatic rings. The molecule has 2 heterocycles. The number of hydrogen-bond donors (Lipinski definition) is 0. The van der Waals surface area contributed by atoms with Crippen molar-refractivity contribution in [2.75, 3.05) is 39.3 Å². The lowest BCUT2D eigenvalue weighted by Gasteiger charge is -2.38. The minimum Gasteiger partial charge on any atom is -0.339 e. The third-order valence-electron chi connectivity index (χ3n) is 5.30. The lowest BCUT2D eigenvalue weighted by atomic mass is 10.0. The SMILES string of the molecule is C[C@@H]1CCCCN1C(=O)CN1CCN(C(=O)c2ccc(F)cc2Br)CC1. The lowest BCUT2D eigenvalue weighted by molar-refractivity contribution is -0.136. The summed E-state index contributed by atoms with van der Waals surface area (Å²) < 4.78 is 13.7. The average molecular weight is 426 g/mol. The van der Waals surface area contributed by atoms with Gasteiger partial charge in [0.25, 0.3) is 5.91 Å². The van der Waals surface area contributed by atoms with Crippen LogP contribution in [0.5, 0.6) is 0 Å². The molecular formula is C19H25BrFN3O2. The average Bonchev–Trinajstić information content (AvgIpc) is 2.62. The molecule has 1 aromatic rings. The van der Waals surface area contributed by atoms with E-state index in [4.69, 9.17) is 0 Å². The Kier molecular flexibility index (Phi) is 6.29. The molecule has 0 saturated carbocycles. The summed E-state index contributed by atoms with van der Waals surface area (Å²) >= 11 is 3.26. The van der Waals surface area contributed by atoms with Gasteiger partial charge in [-0.05, 0) is 60.3 Å². The third kappa shape index (κ3) is 4.43. The van der Waals surface area contributed by atoms with Crippen LogP contribution in [-0.4, -0.2) is 71.8 Å². The first-order valence-electron chi connectivity index (χ1n) is 9.22. The molecule has 142 valence electrons. The summed E-state index contributed by atoms with van der Waals surface area (Å²) in [5.41, 5.74) is 0.470. The monoisotopic (exact) mass is 425 g/mol. The Morgan fingerprint density at radius 1 is 1.15 bits per heavy atom. The van der Waals surface area contributed by atoms with Crippen molar-refractivity contribution in [2.24, 2.45) is 0 Å². The largest absolute Gasteiger partial charge is 0.339 e. The van der Waals surface area contributed by atoms with Crippen LogP contribution in [0.1, 0.15) is 36.5 Å². The highest BCUT2D eigenvalue weighted by molar-refractivity contribution is 9.10. The smallest absolute Gasteiger partial charge is 0.255 e. The number of hydrogen-bond acceptors (Lipinski definition) is 3. The van der Waals surface area contributed by atoms with Crippen LogP contribution in [0.15, 0.2) is 22.7 Å². The Bertz CT molecular complexity index is 677. The lowest BCUT2D eigenvalue weighted by Crippen LogP contribution is -2.53. The quantitative estimate of drug-likeness (QED) is 0.747. The van der Waals surface area contributed by atoms with E-state index in [1.807, 2.05) is 4.90 Å². The maximum absolute atomic E-state index is 13.2. The van der Waals surface area contributed by atoms with Gasteiger partial charge in [-0.3, -0.25) is 14.5 Å². The molecule has 5 nitrogen and oxygen atoms in total. The first-order chi connectivity index (χ1) is 12.5. The van der Waals surface area contributed by atoms with Crippen LogP contribution in [0, 0.1) is 5.82 Å². The van der Waals surface area contributed by atoms with E-state index in [-0.39, 0.29) is 17.6 Å². The van der Waals surface area contributed by atoms with Crippen molar-refractivity contribution in [1.82, 2.24) is 14.7 Å². The predicted octanol–water partition coefficient (Wildman–Crippen LogP) is 2.75. The molecular weight excluding hydrogens is 401 g/mol. The van der Waals surface area contributed by atoms with Crippen LogP contribution in [0.3, 0.4) is 0 Å². The highest BCUT2D eigenvalue weighted by atomic mass is 79.9. The number of halogens is 2. The number of carbonyl (C=O) groups excluding carboxylic acids is 2. The van der Waals surface area contributed by atoms with Gasteiger partial charge < -0.3 is 9.80 Å². The molecule has 1 aromatic carbocycles. The number of nitrogens with zero attached hydrogens (tertiary/aromatic N) is 3. The standard InChI is InChI=1S/C19H25BrFN3O2/c1-14-4-2-3-7-24(14)18(25)13-22-8-10-23(11-9-22)19(26)16-6-5-15(21)12-17(16)20/h5-6,12,14H,2-4,7-11,13H2,1H3/t14-/m1/s1. The molecule has 0 aromatic heterocycles. The van der Waals surface area contributed by atoms with Crippen molar-refractivity contribution in [2.45, 2.75) is 32.2 Å². The Hall–Kier alpha value is -1.47. The van der Waals surface area contributed by atoms with Crippen LogP contribution in [0.25, 0.3) is 0 Å². The van der Waals surface area contributed by atoms with E-state index in [1.165, 1.54) is 24.6 Å². The molecule has 0 N–H and O–H groups in total. The molecule has 1 atom stereocenters. The highest BCUT2D eigenvalue weighted by Gasteiger charge is 2.28. The normalized spacial score (nSPS) is 21.7. The maximum Gasteiger partial charge on any atom is 0.255 e. The van der Waals surface area contributed by atoms with Gasteiger partial charge in [-0.25, -0.2) is 4.39 Å². The van der Waals surface area contributed by atoms with E-state index in [9.17, 15) is 14.0 Å². The zero-order valence-electron chi connectivity index (χ0n) is 15.1. The Morgan fingerprint density at radius 3 is 2.54 bits per heavy atom. The number of amides is 2. The van der Waals surface area contributed by atoms with Crippen molar-refractivity contribution >= 4 is 27.7 Å². The first kappa shape index (κ1) is 19.3. The zero-order valence-corrected chi connectivity index (χ0v) is 16.7. The Labute approximate surface area is 162 Å². The predicted molar refractivity (Wildman–Crippen MR) is 101 cm³/mol. The molecule has 0 spiro atoms. The van der Waals surface area contributed by atoms with Crippen molar-refractivity contribution in [3.8, 4) is 0 Å². The second kappa shape index (κ2) is 8.48. The van der Waals surface area contributed by atoms with Crippen LogP contribution in [0.4, 0.5) is 4.39 Å². The summed E-state index contributed by atoms with van der Waals surface area (Å²) in [5.74, 6) is -0.283. The first-order valence-corrected chi connectivity index (χ1v) is 10.0. The van der Waals surface area contributed by atoms with Crippen molar-refractivity contribution < 1.29 is 14.0 Å². The van der Waals surface area contributed by atoms with E-state index >= 15 is 0 Å². The van der Waals surface area contributed by atoms with Gasteiger partial charge in [0.15, 0.2) is 0 Å². The van der Waals surface area contributed by atoms with Gasteiger partial charge in [0, 0.05) is 43.2 Å². The van der Waals surface area contributed by atoms with Crippen molar-refractivity contribution in [3.63, 3.8) is 0 Å². The number of carbonyl (C=O) groups is 2. The molecule has 2 fully saturated rings. The molecule has 2 amide bonds. The highest BCUT2D eigenvalue weighted by Crippen LogP contribution is 2.21. The number of likely N-dealkylation sites (tertiary alicyclic amines) is 1. The van der Waals surface area contributed by atoms with Crippen molar-refractivity contribution in [3.05, 3.63) is 34.1 Å².